The molecule has 0 saturated carbocycles. The molecule has 0 fully saturated rings. The zero-order chi connectivity index (χ0) is 12.3. The van der Waals surface area contributed by atoms with Crippen molar-refractivity contribution in [2.75, 3.05) is 5.32 Å². The van der Waals surface area contributed by atoms with Crippen molar-refractivity contribution in [3.05, 3.63) is 34.1 Å². The van der Waals surface area contributed by atoms with Gasteiger partial charge < -0.3 is 9.73 Å². The van der Waals surface area contributed by atoms with E-state index in [4.69, 9.17) is 16.6 Å². The van der Waals surface area contributed by atoms with Crippen molar-refractivity contribution in [1.29, 1.82) is 0 Å². The van der Waals surface area contributed by atoms with E-state index in [0.717, 1.165) is 0 Å². The summed E-state index contributed by atoms with van der Waals surface area (Å²) >= 11 is 9.45. The van der Waals surface area contributed by atoms with E-state index >= 15 is 0 Å². The topological polar surface area (TPSA) is 67.2 Å². The predicted octanol–water partition coefficient (Wildman–Crippen LogP) is 2.63. The van der Waals surface area contributed by atoms with E-state index in [-0.39, 0.29) is 10.9 Å². The van der Waals surface area contributed by atoms with Crippen molar-refractivity contribution in [2.45, 2.75) is 0 Å². The average Bonchev–Trinajstić information content (AvgIpc) is 2.89. The number of hydrogen-bond acceptors (Lipinski definition) is 5. The molecular formula is C9H6BrN3O2S2. The van der Waals surface area contributed by atoms with Gasteiger partial charge in [0.1, 0.15) is 0 Å². The predicted molar refractivity (Wildman–Crippen MR) is 72.2 cm³/mol. The van der Waals surface area contributed by atoms with Gasteiger partial charge in [0.25, 0.3) is 5.91 Å². The van der Waals surface area contributed by atoms with Crippen molar-refractivity contribution >= 4 is 55.6 Å². The molecule has 0 aliphatic heterocycles. The van der Waals surface area contributed by atoms with Crippen molar-refractivity contribution in [2.24, 2.45) is 0 Å². The van der Waals surface area contributed by atoms with Crippen LogP contribution in [0.1, 0.15) is 10.6 Å². The maximum atomic E-state index is 11.6. The molecule has 0 saturated heterocycles. The Balaban J connectivity index is 1.93. The number of aromatic nitrogens is 1. The van der Waals surface area contributed by atoms with Crippen LogP contribution in [-0.4, -0.2) is 16.0 Å². The third-order valence-corrected chi connectivity index (χ3v) is 3.00. The molecule has 2 aromatic rings. The molecule has 2 N–H and O–H groups in total. The van der Waals surface area contributed by atoms with Gasteiger partial charge in [-0.3, -0.25) is 10.1 Å². The van der Waals surface area contributed by atoms with Crippen LogP contribution in [0, 0.1) is 0 Å². The first-order chi connectivity index (χ1) is 8.15. The molecule has 0 unspecified atom stereocenters. The van der Waals surface area contributed by atoms with Gasteiger partial charge in [-0.25, -0.2) is 4.98 Å². The Labute approximate surface area is 114 Å². The Bertz CT molecular complexity index is 538. The van der Waals surface area contributed by atoms with Gasteiger partial charge in [0.15, 0.2) is 20.7 Å². The Kier molecular flexibility index (Phi) is 3.87. The number of anilines is 1. The third kappa shape index (κ3) is 3.35. The molecule has 0 aromatic carbocycles. The van der Waals surface area contributed by atoms with Gasteiger partial charge in [-0.05, 0) is 40.3 Å². The lowest BCUT2D eigenvalue weighted by atomic mass is 10.4. The van der Waals surface area contributed by atoms with Crippen molar-refractivity contribution in [3.8, 4) is 0 Å². The average molecular weight is 332 g/mol. The highest BCUT2D eigenvalue weighted by Crippen LogP contribution is 2.14. The van der Waals surface area contributed by atoms with E-state index in [1.165, 1.54) is 11.3 Å². The summed E-state index contributed by atoms with van der Waals surface area (Å²) in [5, 5.41) is 7.87. The van der Waals surface area contributed by atoms with Crippen LogP contribution in [0.5, 0.6) is 0 Å². The lowest BCUT2D eigenvalue weighted by molar-refractivity contribution is 0.0949. The molecule has 0 aliphatic rings. The Morgan fingerprint density at radius 1 is 1.53 bits per heavy atom. The maximum Gasteiger partial charge on any atom is 0.293 e. The molecule has 0 bridgehead atoms. The Hall–Kier alpha value is -1.25. The number of nitrogens with zero attached hydrogens (tertiary/aromatic N) is 1. The van der Waals surface area contributed by atoms with Crippen LogP contribution in [0.25, 0.3) is 0 Å². The van der Waals surface area contributed by atoms with Gasteiger partial charge in [-0.2, -0.15) is 0 Å². The molecule has 2 aromatic heterocycles. The SMILES string of the molecule is O=C(NC(=S)Nc1nccs1)c1ccc(Br)o1. The Morgan fingerprint density at radius 2 is 2.35 bits per heavy atom. The summed E-state index contributed by atoms with van der Waals surface area (Å²) in [4.78, 5) is 15.6. The lowest BCUT2D eigenvalue weighted by Crippen LogP contribution is -2.33. The Morgan fingerprint density at radius 3 is 2.94 bits per heavy atom. The molecule has 8 heteroatoms. The van der Waals surface area contributed by atoms with E-state index in [1.54, 1.807) is 23.7 Å². The number of nitrogens with one attached hydrogen (secondary N) is 2. The van der Waals surface area contributed by atoms with Gasteiger partial charge in [0, 0.05) is 11.6 Å². The number of furan rings is 1. The first-order valence-electron chi connectivity index (χ1n) is 4.42. The summed E-state index contributed by atoms with van der Waals surface area (Å²) in [6.07, 6.45) is 1.64. The number of hydrogen-bond donors (Lipinski definition) is 2. The first-order valence-corrected chi connectivity index (χ1v) is 6.50. The second-order valence-corrected chi connectivity index (χ2v) is 4.93. The highest BCUT2D eigenvalue weighted by atomic mass is 79.9. The van der Waals surface area contributed by atoms with Gasteiger partial charge in [0.05, 0.1) is 0 Å². The molecule has 0 atom stereocenters. The number of halogens is 1. The number of carbonyl (C=O) groups excluding carboxylic acids is 1. The van der Waals surface area contributed by atoms with E-state index in [0.29, 0.717) is 9.80 Å². The van der Waals surface area contributed by atoms with Crippen LogP contribution in [0.2, 0.25) is 0 Å². The van der Waals surface area contributed by atoms with Crippen LogP contribution in [0.15, 0.2) is 32.8 Å². The van der Waals surface area contributed by atoms with E-state index in [1.807, 2.05) is 0 Å². The van der Waals surface area contributed by atoms with Crippen LogP contribution in [0.4, 0.5) is 5.13 Å². The van der Waals surface area contributed by atoms with E-state index in [9.17, 15) is 4.79 Å². The fourth-order valence-electron chi connectivity index (χ4n) is 1.01. The van der Waals surface area contributed by atoms with Crippen LogP contribution >= 0.6 is 39.5 Å². The molecule has 1 amide bonds. The molecule has 0 aliphatic carbocycles. The molecule has 17 heavy (non-hydrogen) atoms. The second-order valence-electron chi connectivity index (χ2n) is 2.85. The second kappa shape index (κ2) is 5.39. The summed E-state index contributed by atoms with van der Waals surface area (Å²) < 4.78 is 5.57. The standard InChI is InChI=1S/C9H6BrN3O2S2/c10-6-2-1-5(15-6)7(14)12-8(16)13-9-11-3-4-17-9/h1-4H,(H2,11,12,13,14,16). The molecule has 0 radical (unpaired) electrons. The van der Waals surface area contributed by atoms with E-state index in [2.05, 4.69) is 31.5 Å². The molecular weight excluding hydrogens is 326 g/mol. The molecule has 2 rings (SSSR count). The molecule has 2 heterocycles. The zero-order valence-electron chi connectivity index (χ0n) is 8.27. The number of amides is 1. The van der Waals surface area contributed by atoms with Gasteiger partial charge in [-0.1, -0.05) is 0 Å². The monoisotopic (exact) mass is 331 g/mol. The summed E-state index contributed by atoms with van der Waals surface area (Å²) in [6.45, 7) is 0. The van der Waals surface area contributed by atoms with Crippen LogP contribution in [0.3, 0.4) is 0 Å². The highest BCUT2D eigenvalue weighted by molar-refractivity contribution is 9.10. The molecule has 5 nitrogen and oxygen atoms in total. The number of carbonyl (C=O) groups is 1. The molecule has 0 spiro atoms. The fraction of sp³-hybridized carbons (Fsp3) is 0. The van der Waals surface area contributed by atoms with Gasteiger partial charge in [-0.15, -0.1) is 11.3 Å². The van der Waals surface area contributed by atoms with Crippen molar-refractivity contribution < 1.29 is 9.21 Å². The maximum absolute atomic E-state index is 11.6. The van der Waals surface area contributed by atoms with Crippen molar-refractivity contribution in [1.82, 2.24) is 10.3 Å². The number of thiocarbonyl (C=S) groups is 1. The normalized spacial score (nSPS) is 9.94. The fourth-order valence-corrected chi connectivity index (χ4v) is 2.11. The summed E-state index contributed by atoms with van der Waals surface area (Å²) in [6, 6.07) is 3.18. The zero-order valence-corrected chi connectivity index (χ0v) is 11.5. The van der Waals surface area contributed by atoms with Gasteiger partial charge >= 0.3 is 0 Å². The van der Waals surface area contributed by atoms with E-state index < -0.39 is 5.91 Å². The first kappa shape index (κ1) is 12.2. The van der Waals surface area contributed by atoms with Crippen LogP contribution < -0.4 is 10.6 Å². The van der Waals surface area contributed by atoms with Gasteiger partial charge in [0.2, 0.25) is 0 Å². The minimum absolute atomic E-state index is 0.178. The quantitative estimate of drug-likeness (QED) is 0.828. The van der Waals surface area contributed by atoms with Crippen LogP contribution in [-0.2, 0) is 0 Å². The summed E-state index contributed by atoms with van der Waals surface area (Å²) in [5.41, 5.74) is 0. The minimum Gasteiger partial charge on any atom is -0.444 e. The smallest absolute Gasteiger partial charge is 0.293 e. The summed E-state index contributed by atoms with van der Waals surface area (Å²) in [7, 11) is 0. The largest absolute Gasteiger partial charge is 0.444 e. The molecule has 88 valence electrons. The summed E-state index contributed by atoms with van der Waals surface area (Å²) in [5.74, 6) is -0.232. The third-order valence-electron chi connectivity index (χ3n) is 1.68. The highest BCUT2D eigenvalue weighted by Gasteiger charge is 2.12. The minimum atomic E-state index is -0.412. The van der Waals surface area contributed by atoms with Crippen molar-refractivity contribution in [3.63, 3.8) is 0 Å². The number of thiazole rings is 1. The lowest BCUT2D eigenvalue weighted by Gasteiger charge is -2.04. The number of rotatable bonds is 2.